The third kappa shape index (κ3) is 2.42. The van der Waals surface area contributed by atoms with Crippen molar-refractivity contribution in [3.63, 3.8) is 0 Å². The minimum atomic E-state index is -0.0134. The van der Waals surface area contributed by atoms with Crippen molar-refractivity contribution < 1.29 is 4.79 Å². The number of nitrogens with zero attached hydrogens (tertiary/aromatic N) is 4. The van der Waals surface area contributed by atoms with Gasteiger partial charge in [0.2, 0.25) is 0 Å². The summed E-state index contributed by atoms with van der Waals surface area (Å²) in [5, 5.41) is 0. The first-order valence-corrected chi connectivity index (χ1v) is 6.48. The number of nitrogens with one attached hydrogen (secondary N) is 1. The van der Waals surface area contributed by atoms with Crippen LogP contribution in [0.2, 0.25) is 0 Å². The molecule has 1 amide bonds. The number of hydrogen-bond acceptors (Lipinski definition) is 5. The Morgan fingerprint density at radius 1 is 1.25 bits per heavy atom. The Balaban J connectivity index is 1.63. The average Bonchev–Trinajstić information content (AvgIpc) is 2.94. The van der Waals surface area contributed by atoms with Crippen LogP contribution < -0.4 is 10.6 Å². The number of anilines is 2. The zero-order valence-electron chi connectivity index (χ0n) is 11.0. The largest absolute Gasteiger partial charge is 0.397 e. The number of aromatic nitrogens is 3. The minimum Gasteiger partial charge on any atom is -0.397 e. The van der Waals surface area contributed by atoms with Gasteiger partial charge in [0.1, 0.15) is 11.5 Å². The number of nitrogens with two attached hydrogens (primary N) is 1. The Morgan fingerprint density at radius 3 is 2.65 bits per heavy atom. The molecule has 3 heterocycles. The molecule has 3 rings (SSSR count). The van der Waals surface area contributed by atoms with E-state index in [0.717, 1.165) is 18.9 Å². The van der Waals surface area contributed by atoms with E-state index in [1.807, 2.05) is 4.90 Å². The van der Waals surface area contributed by atoms with Gasteiger partial charge in [0.05, 0.1) is 6.20 Å². The van der Waals surface area contributed by atoms with Crippen LogP contribution in [0, 0.1) is 0 Å². The molecule has 7 nitrogen and oxygen atoms in total. The fourth-order valence-corrected chi connectivity index (χ4v) is 2.30. The second kappa shape index (κ2) is 5.20. The summed E-state index contributed by atoms with van der Waals surface area (Å²) in [6, 6.07) is 1.66. The molecule has 2 aromatic heterocycles. The molecular weight excluding hydrogens is 256 g/mol. The molecule has 1 aliphatic rings. The molecule has 20 heavy (non-hydrogen) atoms. The maximum atomic E-state index is 12.2. The van der Waals surface area contributed by atoms with Crippen molar-refractivity contribution >= 4 is 17.4 Å². The molecule has 1 aliphatic heterocycles. The van der Waals surface area contributed by atoms with Gasteiger partial charge in [-0.05, 0) is 6.07 Å². The van der Waals surface area contributed by atoms with Crippen LogP contribution in [0.5, 0.6) is 0 Å². The summed E-state index contributed by atoms with van der Waals surface area (Å²) in [6.07, 6.45) is 6.69. The second-order valence-electron chi connectivity index (χ2n) is 4.69. The third-order valence-corrected chi connectivity index (χ3v) is 3.38. The van der Waals surface area contributed by atoms with Crippen LogP contribution in [0.15, 0.2) is 30.9 Å². The topological polar surface area (TPSA) is 91.1 Å². The first-order chi connectivity index (χ1) is 9.74. The highest BCUT2D eigenvalue weighted by atomic mass is 16.2. The summed E-state index contributed by atoms with van der Waals surface area (Å²) in [7, 11) is 0. The van der Waals surface area contributed by atoms with Crippen molar-refractivity contribution in [1.82, 2.24) is 19.9 Å². The lowest BCUT2D eigenvalue weighted by molar-refractivity contribution is 0.0741. The van der Waals surface area contributed by atoms with Crippen molar-refractivity contribution in [1.29, 1.82) is 0 Å². The van der Waals surface area contributed by atoms with E-state index < -0.39 is 0 Å². The quantitative estimate of drug-likeness (QED) is 0.823. The molecule has 0 aliphatic carbocycles. The summed E-state index contributed by atoms with van der Waals surface area (Å²) < 4.78 is 0. The summed E-state index contributed by atoms with van der Waals surface area (Å²) in [5.74, 6) is 0.837. The van der Waals surface area contributed by atoms with Crippen molar-refractivity contribution in [2.75, 3.05) is 36.8 Å². The van der Waals surface area contributed by atoms with Gasteiger partial charge >= 0.3 is 0 Å². The van der Waals surface area contributed by atoms with Crippen LogP contribution in [0.4, 0.5) is 11.5 Å². The number of amides is 1. The van der Waals surface area contributed by atoms with Crippen molar-refractivity contribution in [3.05, 3.63) is 36.5 Å². The molecule has 0 radical (unpaired) electrons. The SMILES string of the molecule is Nc1c[nH]c(C(=O)N2CCN(c3cnccn3)CC2)c1. The van der Waals surface area contributed by atoms with Crippen LogP contribution >= 0.6 is 0 Å². The Morgan fingerprint density at radius 2 is 2.05 bits per heavy atom. The number of hydrogen-bond donors (Lipinski definition) is 2. The molecule has 0 unspecified atom stereocenters. The van der Waals surface area contributed by atoms with Gasteiger partial charge in [-0.15, -0.1) is 0 Å². The molecule has 1 fully saturated rings. The zero-order valence-corrected chi connectivity index (χ0v) is 11.0. The van der Waals surface area contributed by atoms with Crippen LogP contribution in [-0.2, 0) is 0 Å². The first kappa shape index (κ1) is 12.5. The van der Waals surface area contributed by atoms with Gasteiger partial charge in [-0.3, -0.25) is 9.78 Å². The van der Waals surface area contributed by atoms with Gasteiger partial charge in [-0.2, -0.15) is 0 Å². The van der Waals surface area contributed by atoms with Crippen molar-refractivity contribution in [3.8, 4) is 0 Å². The van der Waals surface area contributed by atoms with Gasteiger partial charge < -0.3 is 20.5 Å². The zero-order chi connectivity index (χ0) is 13.9. The van der Waals surface area contributed by atoms with Crippen LogP contribution in [0.1, 0.15) is 10.5 Å². The lowest BCUT2D eigenvalue weighted by Gasteiger charge is -2.35. The van der Waals surface area contributed by atoms with Crippen LogP contribution in [0.3, 0.4) is 0 Å². The van der Waals surface area contributed by atoms with Crippen molar-refractivity contribution in [2.45, 2.75) is 0 Å². The Bertz CT molecular complexity index is 588. The predicted molar refractivity (Wildman–Crippen MR) is 75.4 cm³/mol. The summed E-state index contributed by atoms with van der Waals surface area (Å²) in [4.78, 5) is 27.4. The third-order valence-electron chi connectivity index (χ3n) is 3.38. The molecule has 104 valence electrons. The molecule has 1 saturated heterocycles. The van der Waals surface area contributed by atoms with E-state index >= 15 is 0 Å². The fourth-order valence-electron chi connectivity index (χ4n) is 2.30. The Hall–Kier alpha value is -2.57. The molecule has 0 atom stereocenters. The van der Waals surface area contributed by atoms with Gasteiger partial charge in [0, 0.05) is 50.5 Å². The van der Waals surface area contributed by atoms with Gasteiger partial charge in [0.15, 0.2) is 0 Å². The highest BCUT2D eigenvalue weighted by molar-refractivity contribution is 5.93. The summed E-state index contributed by atoms with van der Waals surface area (Å²) >= 11 is 0. The van der Waals surface area contributed by atoms with E-state index in [-0.39, 0.29) is 5.91 Å². The smallest absolute Gasteiger partial charge is 0.270 e. The Kier molecular flexibility index (Phi) is 3.24. The van der Waals surface area contributed by atoms with Gasteiger partial charge in [0.25, 0.3) is 5.91 Å². The number of aromatic amines is 1. The lowest BCUT2D eigenvalue weighted by Crippen LogP contribution is -2.49. The molecule has 3 N–H and O–H groups in total. The average molecular weight is 272 g/mol. The number of carbonyl (C=O) groups excluding carboxylic acids is 1. The fraction of sp³-hybridized carbons (Fsp3) is 0.308. The predicted octanol–water partition coefficient (Wildman–Crippen LogP) is 0.349. The number of rotatable bonds is 2. The van der Waals surface area contributed by atoms with Gasteiger partial charge in [-0.25, -0.2) is 4.98 Å². The van der Waals surface area contributed by atoms with E-state index in [9.17, 15) is 4.79 Å². The standard InChI is InChI=1S/C13H16N6O/c14-10-7-11(17-8-10)13(20)19-5-3-18(4-6-19)12-9-15-1-2-16-12/h1-2,7-9,17H,3-6,14H2. The monoisotopic (exact) mass is 272 g/mol. The molecule has 0 spiro atoms. The highest BCUT2D eigenvalue weighted by Gasteiger charge is 2.23. The van der Waals surface area contributed by atoms with Gasteiger partial charge in [-0.1, -0.05) is 0 Å². The molecule has 7 heteroatoms. The molecule has 0 aromatic carbocycles. The number of carbonyl (C=O) groups is 1. The maximum Gasteiger partial charge on any atom is 0.270 e. The summed E-state index contributed by atoms with van der Waals surface area (Å²) in [6.45, 7) is 2.82. The molecule has 2 aromatic rings. The lowest BCUT2D eigenvalue weighted by atomic mass is 10.2. The number of piperazine rings is 1. The molecule has 0 saturated carbocycles. The summed E-state index contributed by atoms with van der Waals surface area (Å²) in [5.41, 5.74) is 6.73. The molecular formula is C13H16N6O. The van der Waals surface area contributed by atoms with E-state index in [4.69, 9.17) is 5.73 Å². The Labute approximate surface area is 116 Å². The van der Waals surface area contributed by atoms with E-state index in [1.54, 1.807) is 30.9 Å². The van der Waals surface area contributed by atoms with E-state index in [2.05, 4.69) is 19.9 Å². The van der Waals surface area contributed by atoms with Crippen molar-refractivity contribution in [2.24, 2.45) is 0 Å². The van der Waals surface area contributed by atoms with E-state index in [0.29, 0.717) is 24.5 Å². The first-order valence-electron chi connectivity index (χ1n) is 6.48. The highest BCUT2D eigenvalue weighted by Crippen LogP contribution is 2.14. The minimum absolute atomic E-state index is 0.0134. The van der Waals surface area contributed by atoms with Crippen LogP contribution in [-0.4, -0.2) is 51.9 Å². The number of H-pyrrole nitrogens is 1. The second-order valence-corrected chi connectivity index (χ2v) is 4.69. The van der Waals surface area contributed by atoms with E-state index in [1.165, 1.54) is 0 Å². The number of nitrogen functional groups attached to an aromatic ring is 1. The maximum absolute atomic E-state index is 12.2. The van der Waals surface area contributed by atoms with Crippen LogP contribution in [0.25, 0.3) is 0 Å². The molecule has 0 bridgehead atoms. The normalized spacial score (nSPS) is 15.4.